The van der Waals surface area contributed by atoms with Gasteiger partial charge in [0, 0.05) is 26.2 Å². The summed E-state index contributed by atoms with van der Waals surface area (Å²) in [5.74, 6) is 0. The van der Waals surface area contributed by atoms with Crippen LogP contribution >= 0.6 is 47.2 Å². The summed E-state index contributed by atoms with van der Waals surface area (Å²) in [7, 11) is 0. The molecule has 8 heteroatoms. The van der Waals surface area contributed by atoms with E-state index in [1.165, 1.54) is 17.3 Å². The van der Waals surface area contributed by atoms with Gasteiger partial charge < -0.3 is 5.11 Å². The molecule has 1 heterocycles. The summed E-state index contributed by atoms with van der Waals surface area (Å²) in [5, 5.41) is 16.8. The molecule has 3 rings (SSSR count). The van der Waals surface area contributed by atoms with Crippen LogP contribution in [0, 0.1) is 0 Å². The molecule has 1 unspecified atom stereocenters. The summed E-state index contributed by atoms with van der Waals surface area (Å²) in [6.07, 6.45) is 2.92. The fourth-order valence-electron chi connectivity index (χ4n) is 2.49. The Morgan fingerprint density at radius 1 is 1.00 bits per heavy atom. The van der Waals surface area contributed by atoms with Crippen LogP contribution in [0.4, 0.5) is 0 Å². The van der Waals surface area contributed by atoms with Crippen LogP contribution in [-0.2, 0) is 12.1 Å². The van der Waals surface area contributed by atoms with Gasteiger partial charge in [0.1, 0.15) is 18.3 Å². The Hall–Kier alpha value is -1.30. The zero-order chi connectivity index (χ0) is 16.4. The summed E-state index contributed by atoms with van der Waals surface area (Å²) in [5.41, 5.74) is -0.457. The summed E-state index contributed by atoms with van der Waals surface area (Å²) >= 11 is 18.6. The second-order valence-corrected chi connectivity index (χ2v) is 6.31. The minimum atomic E-state index is -1.48. The third-order valence-corrected chi connectivity index (χ3v) is 4.43. The first-order valence-corrected chi connectivity index (χ1v) is 7.89. The molecule has 0 bridgehead atoms. The summed E-state index contributed by atoms with van der Waals surface area (Å²) in [6.45, 7) is 0.109. The van der Waals surface area contributed by atoms with E-state index in [1.807, 2.05) is 0 Å². The quantitative estimate of drug-likeness (QED) is 0.691. The van der Waals surface area contributed by atoms with Crippen LogP contribution in [0.15, 0.2) is 55.1 Å². The van der Waals surface area contributed by atoms with Gasteiger partial charge in [-0.15, -0.1) is 12.4 Å². The first kappa shape index (κ1) is 19.0. The Balaban J connectivity index is 0.00000208. The van der Waals surface area contributed by atoms with E-state index in [1.54, 1.807) is 42.5 Å². The van der Waals surface area contributed by atoms with Gasteiger partial charge in [0.05, 0.1) is 6.54 Å². The second-order valence-electron chi connectivity index (χ2n) is 5.06. The van der Waals surface area contributed by atoms with E-state index in [9.17, 15) is 5.11 Å². The van der Waals surface area contributed by atoms with E-state index in [4.69, 9.17) is 34.8 Å². The van der Waals surface area contributed by atoms with Gasteiger partial charge in [0.2, 0.25) is 0 Å². The Labute approximate surface area is 160 Å². The van der Waals surface area contributed by atoms with Crippen LogP contribution in [0.3, 0.4) is 0 Å². The maximum absolute atomic E-state index is 11.5. The van der Waals surface area contributed by atoms with Crippen molar-refractivity contribution in [3.8, 4) is 0 Å². The van der Waals surface area contributed by atoms with E-state index in [-0.39, 0.29) is 19.0 Å². The van der Waals surface area contributed by atoms with Crippen molar-refractivity contribution in [2.75, 3.05) is 0 Å². The van der Waals surface area contributed by atoms with Crippen molar-refractivity contribution in [3.63, 3.8) is 0 Å². The highest BCUT2D eigenvalue weighted by molar-refractivity contribution is 6.35. The van der Waals surface area contributed by atoms with Crippen LogP contribution in [0.1, 0.15) is 11.1 Å². The molecule has 0 spiro atoms. The minimum Gasteiger partial charge on any atom is -0.378 e. The summed E-state index contributed by atoms with van der Waals surface area (Å²) < 4.78 is 1.52. The van der Waals surface area contributed by atoms with Crippen LogP contribution in [0.2, 0.25) is 15.1 Å². The van der Waals surface area contributed by atoms with Crippen molar-refractivity contribution in [3.05, 3.63) is 81.3 Å². The molecule has 0 amide bonds. The number of hydrogen-bond acceptors (Lipinski definition) is 3. The van der Waals surface area contributed by atoms with Crippen molar-refractivity contribution in [1.82, 2.24) is 14.8 Å². The fraction of sp³-hybridized carbons (Fsp3) is 0.125. The molecule has 24 heavy (non-hydrogen) atoms. The monoisotopic (exact) mass is 403 g/mol. The molecule has 1 N–H and O–H groups in total. The van der Waals surface area contributed by atoms with Crippen molar-refractivity contribution >= 4 is 47.2 Å². The van der Waals surface area contributed by atoms with Gasteiger partial charge in [0.25, 0.3) is 0 Å². The van der Waals surface area contributed by atoms with E-state index in [0.29, 0.717) is 26.2 Å². The Kier molecular flexibility index (Phi) is 6.12. The molecule has 1 aromatic heterocycles. The molecular weight excluding hydrogens is 392 g/mol. The molecule has 1 atom stereocenters. The predicted molar refractivity (Wildman–Crippen MR) is 98.2 cm³/mol. The molecule has 0 fully saturated rings. The van der Waals surface area contributed by atoms with Crippen molar-refractivity contribution < 1.29 is 5.11 Å². The molecule has 0 saturated carbocycles. The lowest BCUT2D eigenvalue weighted by Crippen LogP contribution is -2.33. The number of nitrogens with zero attached hydrogens (tertiary/aromatic N) is 3. The van der Waals surface area contributed by atoms with Gasteiger partial charge in [-0.1, -0.05) is 59.1 Å². The normalized spacial score (nSPS) is 13.2. The third kappa shape index (κ3) is 3.68. The van der Waals surface area contributed by atoms with Crippen molar-refractivity contribution in [2.24, 2.45) is 0 Å². The topological polar surface area (TPSA) is 50.9 Å². The molecule has 0 saturated heterocycles. The van der Waals surface area contributed by atoms with Gasteiger partial charge in [-0.3, -0.25) is 0 Å². The zero-order valence-corrected chi connectivity index (χ0v) is 15.3. The van der Waals surface area contributed by atoms with Gasteiger partial charge in [-0.2, -0.15) is 5.10 Å². The molecule has 3 aromatic rings. The lowest BCUT2D eigenvalue weighted by molar-refractivity contribution is 0.0574. The third-order valence-electron chi connectivity index (χ3n) is 3.55. The second kappa shape index (κ2) is 7.72. The number of rotatable bonds is 4. The summed E-state index contributed by atoms with van der Waals surface area (Å²) in [6, 6.07) is 12.0. The summed E-state index contributed by atoms with van der Waals surface area (Å²) in [4.78, 5) is 3.91. The number of benzene rings is 2. The highest BCUT2D eigenvalue weighted by atomic mass is 35.5. The van der Waals surface area contributed by atoms with Crippen molar-refractivity contribution in [1.29, 1.82) is 0 Å². The van der Waals surface area contributed by atoms with Crippen LogP contribution in [0.5, 0.6) is 0 Å². The maximum Gasteiger partial charge on any atom is 0.137 e. The standard InChI is InChI=1S/C16H12Cl3N3O.ClH/c17-11-5-6-13(15(19)7-11)16(23,8-22-10-20-9-21-22)12-3-1-2-4-14(12)18;/h1-7,9-10,23H,8H2;1H. The molecule has 4 nitrogen and oxygen atoms in total. The number of aliphatic hydroxyl groups is 1. The number of aromatic nitrogens is 3. The van der Waals surface area contributed by atoms with Gasteiger partial charge in [-0.25, -0.2) is 9.67 Å². The van der Waals surface area contributed by atoms with E-state index in [0.717, 1.165) is 0 Å². The van der Waals surface area contributed by atoms with Gasteiger partial charge in [0.15, 0.2) is 0 Å². The number of hydrogen-bond donors (Lipinski definition) is 1. The Morgan fingerprint density at radius 2 is 1.71 bits per heavy atom. The van der Waals surface area contributed by atoms with E-state index in [2.05, 4.69) is 10.1 Å². The molecule has 0 aliphatic rings. The molecule has 2 aromatic carbocycles. The number of halogens is 4. The van der Waals surface area contributed by atoms with Crippen LogP contribution in [0.25, 0.3) is 0 Å². The SMILES string of the molecule is Cl.OC(Cn1cncn1)(c1ccccc1Cl)c1ccc(Cl)cc1Cl. The smallest absolute Gasteiger partial charge is 0.137 e. The molecule has 0 aliphatic heterocycles. The zero-order valence-electron chi connectivity index (χ0n) is 12.2. The lowest BCUT2D eigenvalue weighted by atomic mass is 9.86. The fourth-order valence-corrected chi connectivity index (χ4v) is 3.34. The molecule has 0 radical (unpaired) electrons. The van der Waals surface area contributed by atoms with Crippen LogP contribution < -0.4 is 0 Å². The molecule has 126 valence electrons. The average Bonchev–Trinajstić information content (AvgIpc) is 3.00. The lowest BCUT2D eigenvalue weighted by Gasteiger charge is -2.30. The minimum absolute atomic E-state index is 0. The maximum atomic E-state index is 11.5. The van der Waals surface area contributed by atoms with Gasteiger partial charge in [-0.05, 0) is 18.2 Å². The first-order valence-electron chi connectivity index (χ1n) is 6.76. The highest BCUT2D eigenvalue weighted by Gasteiger charge is 2.36. The highest BCUT2D eigenvalue weighted by Crippen LogP contribution is 2.39. The largest absolute Gasteiger partial charge is 0.378 e. The van der Waals surface area contributed by atoms with E-state index >= 15 is 0 Å². The predicted octanol–water partition coefficient (Wildman–Crippen LogP) is 4.60. The van der Waals surface area contributed by atoms with Gasteiger partial charge >= 0.3 is 0 Å². The van der Waals surface area contributed by atoms with Crippen LogP contribution in [-0.4, -0.2) is 19.9 Å². The average molecular weight is 405 g/mol. The Bertz CT molecular complexity index is 826. The molecular formula is C16H13Cl4N3O. The van der Waals surface area contributed by atoms with Crippen molar-refractivity contribution in [2.45, 2.75) is 12.1 Å². The first-order chi connectivity index (χ1) is 11.0. The molecule has 0 aliphatic carbocycles. The van der Waals surface area contributed by atoms with E-state index < -0.39 is 5.60 Å². The Morgan fingerprint density at radius 3 is 2.33 bits per heavy atom.